The summed E-state index contributed by atoms with van der Waals surface area (Å²) in [5, 5.41) is 4.17. The van der Waals surface area contributed by atoms with Crippen LogP contribution in [0.5, 0.6) is 0 Å². The molecule has 0 saturated heterocycles. The maximum absolute atomic E-state index is 11.9. The number of benzene rings is 1. The van der Waals surface area contributed by atoms with Crippen molar-refractivity contribution in [2.75, 3.05) is 6.54 Å². The molecule has 102 valence electrons. The summed E-state index contributed by atoms with van der Waals surface area (Å²) in [7, 11) is 1.91. The highest BCUT2D eigenvalue weighted by Crippen LogP contribution is 2.17. The predicted molar refractivity (Wildman–Crippen MR) is 79.7 cm³/mol. The van der Waals surface area contributed by atoms with E-state index in [1.165, 1.54) is 10.9 Å². The molecule has 0 atom stereocenters. The smallest absolute Gasteiger partial charge is 0.252 e. The Kier molecular flexibility index (Phi) is 3.29. The summed E-state index contributed by atoms with van der Waals surface area (Å²) in [5.74, 6) is -0.0227. The maximum atomic E-state index is 11.9. The number of fused-ring (bicyclic) bond motifs is 1. The fourth-order valence-electron chi connectivity index (χ4n) is 2.39. The first-order valence-electron chi connectivity index (χ1n) is 6.69. The number of amides is 1. The van der Waals surface area contributed by atoms with Gasteiger partial charge in [0.05, 0.1) is 5.56 Å². The number of carbonyl (C=O) groups excluding carboxylic acids is 1. The molecule has 0 radical (unpaired) electrons. The van der Waals surface area contributed by atoms with E-state index in [1.54, 1.807) is 0 Å². The molecule has 2 N–H and O–H groups in total. The summed E-state index contributed by atoms with van der Waals surface area (Å²) in [5.41, 5.74) is 3.07. The van der Waals surface area contributed by atoms with Gasteiger partial charge in [-0.3, -0.25) is 4.79 Å². The Morgan fingerprint density at radius 1 is 1.30 bits per heavy atom. The fourth-order valence-corrected chi connectivity index (χ4v) is 2.39. The summed E-state index contributed by atoms with van der Waals surface area (Å²) in [6, 6.07) is 10.0. The molecule has 0 aliphatic rings. The highest BCUT2D eigenvalue weighted by atomic mass is 16.1. The first-order chi connectivity index (χ1) is 9.74. The minimum Gasteiger partial charge on any atom is -0.361 e. The number of aryl methyl sites for hydroxylation is 1. The largest absolute Gasteiger partial charge is 0.361 e. The van der Waals surface area contributed by atoms with Crippen LogP contribution in [-0.4, -0.2) is 22.0 Å². The van der Waals surface area contributed by atoms with Gasteiger partial charge >= 0.3 is 0 Å². The van der Waals surface area contributed by atoms with E-state index in [0.29, 0.717) is 12.1 Å². The lowest BCUT2D eigenvalue weighted by atomic mass is 10.1. The van der Waals surface area contributed by atoms with Crippen molar-refractivity contribution in [3.63, 3.8) is 0 Å². The second-order valence-corrected chi connectivity index (χ2v) is 4.93. The first kappa shape index (κ1) is 12.5. The van der Waals surface area contributed by atoms with E-state index < -0.39 is 0 Å². The minimum absolute atomic E-state index is 0.0227. The topological polar surface area (TPSA) is 49.8 Å². The number of nitrogens with one attached hydrogen (secondary N) is 2. The molecule has 0 aliphatic heterocycles. The third-order valence-corrected chi connectivity index (χ3v) is 3.45. The summed E-state index contributed by atoms with van der Waals surface area (Å²) in [6.45, 7) is 0.634. The lowest BCUT2D eigenvalue weighted by molar-refractivity contribution is 0.0954. The van der Waals surface area contributed by atoms with Crippen molar-refractivity contribution in [1.29, 1.82) is 0 Å². The van der Waals surface area contributed by atoms with E-state index in [4.69, 9.17) is 0 Å². The lowest BCUT2D eigenvalue weighted by Gasteiger charge is -2.03. The van der Waals surface area contributed by atoms with Crippen LogP contribution in [0.3, 0.4) is 0 Å². The Bertz CT molecular complexity index is 739. The van der Waals surface area contributed by atoms with Gasteiger partial charge < -0.3 is 14.9 Å². The Balaban J connectivity index is 1.61. The quantitative estimate of drug-likeness (QED) is 0.749. The van der Waals surface area contributed by atoms with E-state index in [0.717, 1.165) is 11.9 Å². The highest BCUT2D eigenvalue weighted by Gasteiger charge is 2.07. The van der Waals surface area contributed by atoms with Gasteiger partial charge in [-0.1, -0.05) is 18.2 Å². The first-order valence-corrected chi connectivity index (χ1v) is 6.69. The molecule has 0 spiro atoms. The van der Waals surface area contributed by atoms with E-state index in [2.05, 4.69) is 22.4 Å². The van der Waals surface area contributed by atoms with Crippen LogP contribution in [0.4, 0.5) is 0 Å². The van der Waals surface area contributed by atoms with Crippen molar-refractivity contribution in [1.82, 2.24) is 14.9 Å². The van der Waals surface area contributed by atoms with Gasteiger partial charge in [-0.15, -0.1) is 0 Å². The van der Waals surface area contributed by atoms with Crippen LogP contribution >= 0.6 is 0 Å². The summed E-state index contributed by atoms with van der Waals surface area (Å²) < 4.78 is 1.87. The second kappa shape index (κ2) is 5.25. The van der Waals surface area contributed by atoms with Gasteiger partial charge in [0, 0.05) is 43.1 Å². The summed E-state index contributed by atoms with van der Waals surface area (Å²) in [6.07, 6.45) is 6.53. The van der Waals surface area contributed by atoms with Gasteiger partial charge in [0.1, 0.15) is 0 Å². The zero-order valence-electron chi connectivity index (χ0n) is 11.4. The van der Waals surface area contributed by atoms with Crippen LogP contribution in [0.15, 0.2) is 48.9 Å². The second-order valence-electron chi connectivity index (χ2n) is 4.93. The molecule has 0 unspecified atom stereocenters. The normalized spacial score (nSPS) is 10.8. The Hall–Kier alpha value is -2.49. The average molecular weight is 267 g/mol. The van der Waals surface area contributed by atoms with E-state index in [-0.39, 0.29) is 5.91 Å². The third-order valence-electron chi connectivity index (χ3n) is 3.45. The molecule has 0 aliphatic carbocycles. The molecule has 0 fully saturated rings. The molecule has 0 bridgehead atoms. The molecule has 3 rings (SSSR count). The van der Waals surface area contributed by atoms with Crippen molar-refractivity contribution in [3.05, 3.63) is 60.0 Å². The molecular formula is C16H17N3O. The van der Waals surface area contributed by atoms with Gasteiger partial charge in [0.25, 0.3) is 5.91 Å². The number of rotatable bonds is 4. The summed E-state index contributed by atoms with van der Waals surface area (Å²) >= 11 is 0. The van der Waals surface area contributed by atoms with Gasteiger partial charge in [0.15, 0.2) is 0 Å². The molecule has 1 amide bonds. The third kappa shape index (κ3) is 2.45. The van der Waals surface area contributed by atoms with Crippen molar-refractivity contribution >= 4 is 16.8 Å². The molecule has 4 heteroatoms. The predicted octanol–water partition coefficient (Wildman–Crippen LogP) is 2.48. The Labute approximate surface area is 117 Å². The van der Waals surface area contributed by atoms with Crippen molar-refractivity contribution in [3.8, 4) is 0 Å². The van der Waals surface area contributed by atoms with Crippen molar-refractivity contribution in [2.24, 2.45) is 7.05 Å². The van der Waals surface area contributed by atoms with Gasteiger partial charge in [-0.05, 0) is 24.1 Å². The van der Waals surface area contributed by atoms with Gasteiger partial charge in [-0.2, -0.15) is 0 Å². The van der Waals surface area contributed by atoms with E-state index >= 15 is 0 Å². The summed E-state index contributed by atoms with van der Waals surface area (Å²) in [4.78, 5) is 15.2. The highest BCUT2D eigenvalue weighted by molar-refractivity contribution is 5.94. The molecule has 0 saturated carbocycles. The van der Waals surface area contributed by atoms with E-state index in [9.17, 15) is 4.79 Å². The van der Waals surface area contributed by atoms with Crippen LogP contribution in [-0.2, 0) is 13.5 Å². The SMILES string of the molecule is Cn1ccc(C(=O)NCCc2c[nH]c3ccccc23)c1. The molecular weight excluding hydrogens is 250 g/mol. The van der Waals surface area contributed by atoms with Crippen LogP contribution in [0.25, 0.3) is 10.9 Å². The standard InChI is InChI=1S/C16H17N3O/c1-19-9-7-13(11-19)16(20)17-8-6-12-10-18-15-5-3-2-4-14(12)15/h2-5,7,9-11,18H,6,8H2,1H3,(H,17,20). The molecule has 3 aromatic rings. The number of H-pyrrole nitrogens is 1. The maximum Gasteiger partial charge on any atom is 0.252 e. The van der Waals surface area contributed by atoms with Crippen LogP contribution in [0.1, 0.15) is 15.9 Å². The Morgan fingerprint density at radius 3 is 2.95 bits per heavy atom. The number of nitrogens with zero attached hydrogens (tertiary/aromatic N) is 1. The minimum atomic E-state index is -0.0227. The van der Waals surface area contributed by atoms with Crippen LogP contribution in [0.2, 0.25) is 0 Å². The average Bonchev–Trinajstić information content (AvgIpc) is 3.06. The van der Waals surface area contributed by atoms with E-state index in [1.807, 2.05) is 48.4 Å². The number of para-hydroxylation sites is 1. The van der Waals surface area contributed by atoms with Crippen molar-refractivity contribution < 1.29 is 4.79 Å². The number of hydrogen-bond donors (Lipinski definition) is 2. The van der Waals surface area contributed by atoms with Gasteiger partial charge in [0.2, 0.25) is 0 Å². The molecule has 2 aromatic heterocycles. The Morgan fingerprint density at radius 2 is 2.15 bits per heavy atom. The monoisotopic (exact) mass is 267 g/mol. The molecule has 20 heavy (non-hydrogen) atoms. The zero-order chi connectivity index (χ0) is 13.9. The van der Waals surface area contributed by atoms with Gasteiger partial charge in [-0.25, -0.2) is 0 Å². The van der Waals surface area contributed by atoms with Crippen molar-refractivity contribution in [2.45, 2.75) is 6.42 Å². The zero-order valence-corrected chi connectivity index (χ0v) is 11.4. The van der Waals surface area contributed by atoms with Crippen LogP contribution < -0.4 is 5.32 Å². The number of aromatic nitrogens is 2. The number of aromatic amines is 1. The number of carbonyl (C=O) groups is 1. The molecule has 4 nitrogen and oxygen atoms in total. The van der Waals surface area contributed by atoms with Crippen LogP contribution in [0, 0.1) is 0 Å². The lowest BCUT2D eigenvalue weighted by Crippen LogP contribution is -2.25. The fraction of sp³-hybridized carbons (Fsp3) is 0.188. The molecule has 2 heterocycles. The molecule has 1 aromatic carbocycles. The number of hydrogen-bond acceptors (Lipinski definition) is 1.